The van der Waals surface area contributed by atoms with Gasteiger partial charge in [-0.15, -0.1) is 0 Å². The maximum Gasteiger partial charge on any atom is 0.265 e. The fraction of sp³-hybridized carbons (Fsp3) is 0.417. The predicted octanol–water partition coefficient (Wildman–Crippen LogP) is 7.08. The molecular weight excluding hydrogens is 679 g/mol. The van der Waals surface area contributed by atoms with Gasteiger partial charge in [0.25, 0.3) is 20.2 Å². The van der Waals surface area contributed by atoms with E-state index in [9.17, 15) is 25.9 Å². The molecule has 0 saturated carbocycles. The Morgan fingerprint density at radius 3 is 2.15 bits per heavy atom. The molecule has 5 rings (SSSR count). The molecule has 1 aliphatic carbocycles. The summed E-state index contributed by atoms with van der Waals surface area (Å²) in [6.07, 6.45) is 11.5. The molecule has 0 aromatic heterocycles. The first kappa shape index (κ1) is 38.8. The summed E-state index contributed by atoms with van der Waals surface area (Å²) < 4.78 is 66.6. The number of rotatable bonds is 11. The molecular formula is C36H44ClN2NaO6S2+. The molecule has 0 unspecified atom stereocenters. The number of halogens is 1. The smallest absolute Gasteiger partial charge is 0.265 e. The number of benzene rings is 2. The normalized spacial score (nSPS) is 20.5. The quantitative estimate of drug-likeness (QED) is 0.145. The van der Waals surface area contributed by atoms with E-state index in [0.29, 0.717) is 31.0 Å². The zero-order valence-electron chi connectivity index (χ0n) is 28.4. The summed E-state index contributed by atoms with van der Waals surface area (Å²) in [6.45, 7) is 9.53. The van der Waals surface area contributed by atoms with Crippen LogP contribution in [0.25, 0.3) is 0 Å². The van der Waals surface area contributed by atoms with Gasteiger partial charge in [0.15, 0.2) is 5.71 Å². The zero-order valence-corrected chi connectivity index (χ0v) is 32.8. The Morgan fingerprint density at radius 1 is 0.833 bits per heavy atom. The molecule has 0 bridgehead atoms. The second-order valence-corrected chi connectivity index (χ2v) is 17.0. The summed E-state index contributed by atoms with van der Waals surface area (Å²) in [4.78, 5) is 2.14. The number of para-hydroxylation sites is 2. The Hall–Kier alpha value is -2.02. The van der Waals surface area contributed by atoms with Gasteiger partial charge >= 0.3 is 0 Å². The van der Waals surface area contributed by atoms with E-state index in [2.05, 4.69) is 73.6 Å². The maximum atomic E-state index is 11.4. The summed E-state index contributed by atoms with van der Waals surface area (Å²) in [6, 6.07) is 16.3. The first-order valence-corrected chi connectivity index (χ1v) is 19.6. The zero-order chi connectivity index (χ0) is 34.2. The minimum Gasteiger partial charge on any atom is -0.344 e. The van der Waals surface area contributed by atoms with Crippen molar-refractivity contribution in [3.63, 3.8) is 0 Å². The molecule has 3 aliphatic rings. The summed E-state index contributed by atoms with van der Waals surface area (Å²) in [5.74, 6) is -0.604. The van der Waals surface area contributed by atoms with Crippen molar-refractivity contribution in [2.24, 2.45) is 0 Å². The van der Waals surface area contributed by atoms with Gasteiger partial charge in [0.2, 0.25) is 5.69 Å². The molecule has 0 amide bonds. The van der Waals surface area contributed by atoms with Crippen molar-refractivity contribution in [2.45, 2.75) is 70.6 Å². The van der Waals surface area contributed by atoms with Gasteiger partial charge in [-0.25, -0.2) is 0 Å². The van der Waals surface area contributed by atoms with E-state index < -0.39 is 20.2 Å². The summed E-state index contributed by atoms with van der Waals surface area (Å²) in [5, 5.41) is 0.711. The van der Waals surface area contributed by atoms with Crippen molar-refractivity contribution in [3.8, 4) is 0 Å². The Balaban J connectivity index is 0.00000520. The minimum absolute atomic E-state index is 0. The van der Waals surface area contributed by atoms with E-state index in [4.69, 9.17) is 11.6 Å². The molecule has 0 atom stereocenters. The topological polar surface area (TPSA) is 115 Å². The molecule has 2 aliphatic heterocycles. The van der Waals surface area contributed by atoms with Gasteiger partial charge in [0, 0.05) is 82.1 Å². The largest absolute Gasteiger partial charge is 0.344 e. The van der Waals surface area contributed by atoms with E-state index in [1.165, 1.54) is 0 Å². The van der Waals surface area contributed by atoms with Crippen LogP contribution in [-0.2, 0) is 31.1 Å². The van der Waals surface area contributed by atoms with Crippen molar-refractivity contribution in [3.05, 3.63) is 106 Å². The van der Waals surface area contributed by atoms with Crippen molar-refractivity contribution in [2.75, 3.05) is 29.5 Å². The molecule has 2 N–H and O–H groups in total. The van der Waals surface area contributed by atoms with Gasteiger partial charge < -0.3 is 4.90 Å². The van der Waals surface area contributed by atoms with Crippen molar-refractivity contribution < 1.29 is 30.5 Å². The Labute approximate surface area is 312 Å². The van der Waals surface area contributed by atoms with Crippen LogP contribution in [0.3, 0.4) is 0 Å². The van der Waals surface area contributed by atoms with Gasteiger partial charge in [0.1, 0.15) is 6.54 Å². The molecule has 2 aromatic carbocycles. The fourth-order valence-electron chi connectivity index (χ4n) is 7.14. The van der Waals surface area contributed by atoms with E-state index in [-0.39, 0.29) is 51.9 Å². The Morgan fingerprint density at radius 2 is 1.46 bits per heavy atom. The molecule has 1 radical (unpaired) electrons. The number of anilines is 1. The third-order valence-electron chi connectivity index (χ3n) is 9.51. The van der Waals surface area contributed by atoms with E-state index >= 15 is 0 Å². The molecule has 2 heterocycles. The van der Waals surface area contributed by atoms with Crippen LogP contribution < -0.4 is 4.90 Å². The standard InChI is InChI=1S/C36H43ClN2O6S2.Na/c1-35(2)28-14-5-7-16-30(28)38(22-10-24-46(40,41)42)32(35)20-18-26-12-9-13-27(34(26)37)19-21-33-36(3,4)29-15-6-8-17-31(29)39(33)23-11-25-47(43,44)45;/h5-8,14-21H,9-13,22-25H2,1-4H3,(H-,40,41,42,43,44,45);/p+1. The van der Waals surface area contributed by atoms with Crippen molar-refractivity contribution in [1.82, 2.24) is 0 Å². The number of allylic oxidation sites excluding steroid dienone is 8. The molecule has 48 heavy (non-hydrogen) atoms. The minimum atomic E-state index is -4.06. The maximum absolute atomic E-state index is 11.4. The average molecular weight is 723 g/mol. The number of hydrogen-bond acceptors (Lipinski definition) is 5. The summed E-state index contributed by atoms with van der Waals surface area (Å²) >= 11 is 7.09. The monoisotopic (exact) mass is 722 g/mol. The van der Waals surface area contributed by atoms with Crippen LogP contribution in [0, 0.1) is 0 Å². The van der Waals surface area contributed by atoms with Crippen LogP contribution in [0.15, 0.2) is 94.7 Å². The Bertz CT molecular complexity index is 1940. The molecule has 0 spiro atoms. The number of hydrogen-bond donors (Lipinski definition) is 2. The van der Waals surface area contributed by atoms with Crippen molar-refractivity contribution >= 4 is 78.5 Å². The van der Waals surface area contributed by atoms with Crippen LogP contribution >= 0.6 is 11.6 Å². The Kier molecular flexibility index (Phi) is 12.2. The van der Waals surface area contributed by atoms with Crippen LogP contribution in [-0.4, -0.2) is 90.4 Å². The molecule has 8 nitrogen and oxygen atoms in total. The summed E-state index contributed by atoms with van der Waals surface area (Å²) in [7, 11) is -8.12. The third kappa shape index (κ3) is 8.46. The van der Waals surface area contributed by atoms with Gasteiger partial charge in [-0.1, -0.05) is 74.0 Å². The second kappa shape index (κ2) is 15.1. The molecule has 2 aromatic rings. The predicted molar refractivity (Wildman–Crippen MR) is 196 cm³/mol. The third-order valence-corrected chi connectivity index (χ3v) is 11.6. The van der Waals surface area contributed by atoms with Gasteiger partial charge in [0.05, 0.1) is 16.9 Å². The molecule has 12 heteroatoms. The molecule has 0 saturated heterocycles. The van der Waals surface area contributed by atoms with Gasteiger partial charge in [-0.05, 0) is 68.4 Å². The number of fused-ring (bicyclic) bond motifs is 2. The first-order chi connectivity index (χ1) is 22.0. The van der Waals surface area contributed by atoms with Crippen LogP contribution in [0.4, 0.5) is 11.4 Å². The second-order valence-electron chi connectivity index (χ2n) is 13.5. The van der Waals surface area contributed by atoms with Crippen molar-refractivity contribution in [1.29, 1.82) is 0 Å². The van der Waals surface area contributed by atoms with Crippen LogP contribution in [0.2, 0.25) is 0 Å². The van der Waals surface area contributed by atoms with E-state index in [1.54, 1.807) is 0 Å². The van der Waals surface area contributed by atoms with Crippen LogP contribution in [0.5, 0.6) is 0 Å². The molecule has 253 valence electrons. The number of nitrogens with zero attached hydrogens (tertiary/aromatic N) is 2. The molecule has 0 fully saturated rings. The van der Waals surface area contributed by atoms with Gasteiger partial charge in [-0.3, -0.25) is 9.11 Å². The van der Waals surface area contributed by atoms with Crippen LogP contribution in [0.1, 0.15) is 70.9 Å². The first-order valence-electron chi connectivity index (χ1n) is 16.0. The SMILES string of the molecule is CC1(C)C(/C=C/C2=C(Cl)C(=C/C=C3/N(CCCS(=O)(=O)O)c4ccccc4C3(C)C)/CCC2)=[N+](CCCS(=O)(=O)O)c2ccccc21.[Na]. The fourth-order valence-corrected chi connectivity index (χ4v) is 8.44. The van der Waals surface area contributed by atoms with Gasteiger partial charge in [-0.2, -0.15) is 21.4 Å². The van der Waals surface area contributed by atoms with E-state index in [1.807, 2.05) is 36.4 Å². The average Bonchev–Trinajstić information content (AvgIpc) is 3.33. The van der Waals surface area contributed by atoms with E-state index in [0.717, 1.165) is 64.3 Å². The summed E-state index contributed by atoms with van der Waals surface area (Å²) in [5.41, 5.74) is 7.86.